The highest BCUT2D eigenvalue weighted by Crippen LogP contribution is 2.18. The third-order valence-electron chi connectivity index (χ3n) is 2.24. The van der Waals surface area contributed by atoms with Gasteiger partial charge in [0, 0.05) is 5.56 Å². The van der Waals surface area contributed by atoms with Crippen molar-refractivity contribution in [3.8, 4) is 11.8 Å². The normalized spacial score (nSPS) is 10.1. The summed E-state index contributed by atoms with van der Waals surface area (Å²) in [6, 6.07) is 7.84. The Morgan fingerprint density at radius 2 is 1.94 bits per heavy atom. The van der Waals surface area contributed by atoms with Crippen molar-refractivity contribution in [3.05, 3.63) is 41.7 Å². The van der Waals surface area contributed by atoms with Crippen LogP contribution in [-0.4, -0.2) is 17.1 Å². The second kappa shape index (κ2) is 5.31. The predicted octanol–water partition coefficient (Wildman–Crippen LogP) is 1.79. The molecule has 18 heavy (non-hydrogen) atoms. The molecule has 2 rings (SSSR count). The topological polar surface area (TPSA) is 70.3 Å². The van der Waals surface area contributed by atoms with Gasteiger partial charge in [0.05, 0.1) is 13.2 Å². The summed E-state index contributed by atoms with van der Waals surface area (Å²) < 4.78 is 23.6. The Hall–Kier alpha value is -2.37. The van der Waals surface area contributed by atoms with Crippen LogP contribution < -0.4 is 15.2 Å². The zero-order chi connectivity index (χ0) is 13.0. The molecule has 2 N–H and O–H groups in total. The fourth-order valence-electron chi connectivity index (χ4n) is 1.37. The van der Waals surface area contributed by atoms with E-state index in [1.165, 1.54) is 19.2 Å². The number of nitrogens with two attached hydrogens (primary N) is 1. The maximum absolute atomic E-state index is 13.4. The molecule has 0 saturated heterocycles. The van der Waals surface area contributed by atoms with Crippen LogP contribution in [0.5, 0.6) is 11.8 Å². The van der Waals surface area contributed by atoms with Crippen molar-refractivity contribution in [2.45, 2.75) is 6.61 Å². The summed E-state index contributed by atoms with van der Waals surface area (Å²) in [6.45, 7) is 0.0618. The number of aromatic nitrogens is 2. The van der Waals surface area contributed by atoms with Crippen molar-refractivity contribution in [2.75, 3.05) is 12.8 Å². The van der Waals surface area contributed by atoms with Crippen molar-refractivity contribution in [1.29, 1.82) is 0 Å². The number of anilines is 1. The van der Waals surface area contributed by atoms with Crippen LogP contribution in [0.4, 0.5) is 10.3 Å². The first kappa shape index (κ1) is 12.1. The average molecular weight is 249 g/mol. The van der Waals surface area contributed by atoms with Gasteiger partial charge in [0.2, 0.25) is 17.7 Å². The summed E-state index contributed by atoms with van der Waals surface area (Å²) >= 11 is 0. The van der Waals surface area contributed by atoms with E-state index in [0.29, 0.717) is 11.4 Å². The molecule has 0 amide bonds. The van der Waals surface area contributed by atoms with Gasteiger partial charge in [0.15, 0.2) is 0 Å². The lowest BCUT2D eigenvalue weighted by molar-refractivity contribution is 0.284. The maximum Gasteiger partial charge on any atom is 0.226 e. The molecule has 0 bridgehead atoms. The van der Waals surface area contributed by atoms with Gasteiger partial charge in [-0.25, -0.2) is 4.39 Å². The quantitative estimate of drug-likeness (QED) is 0.894. The summed E-state index contributed by atoms with van der Waals surface area (Å²) in [5, 5.41) is 0. The lowest BCUT2D eigenvalue weighted by atomic mass is 10.2. The molecule has 1 aromatic heterocycles. The Morgan fingerprint density at radius 1 is 1.22 bits per heavy atom. The molecular weight excluding hydrogens is 237 g/mol. The molecular formula is C12H12FN3O2. The lowest BCUT2D eigenvalue weighted by Gasteiger charge is -2.07. The van der Waals surface area contributed by atoms with Crippen molar-refractivity contribution in [1.82, 2.24) is 9.97 Å². The van der Waals surface area contributed by atoms with E-state index in [0.717, 1.165) is 0 Å². The number of rotatable bonds is 4. The van der Waals surface area contributed by atoms with Gasteiger partial charge in [-0.3, -0.25) is 0 Å². The minimum Gasteiger partial charge on any atom is -0.481 e. The molecule has 5 nitrogen and oxygen atoms in total. The van der Waals surface area contributed by atoms with Crippen LogP contribution in [0, 0.1) is 5.82 Å². The Kier molecular flexibility index (Phi) is 3.57. The Labute approximate surface area is 103 Å². The fraction of sp³-hybridized carbons (Fsp3) is 0.167. The molecule has 0 atom stereocenters. The van der Waals surface area contributed by atoms with Crippen molar-refractivity contribution in [2.24, 2.45) is 0 Å². The summed E-state index contributed by atoms with van der Waals surface area (Å²) in [5.74, 6) is 0.248. The summed E-state index contributed by atoms with van der Waals surface area (Å²) in [5.41, 5.74) is 5.92. The highest BCUT2D eigenvalue weighted by atomic mass is 19.1. The second-order valence-corrected chi connectivity index (χ2v) is 3.49. The van der Waals surface area contributed by atoms with E-state index in [4.69, 9.17) is 15.2 Å². The first-order chi connectivity index (χ1) is 8.69. The molecule has 6 heteroatoms. The van der Waals surface area contributed by atoms with Crippen molar-refractivity contribution >= 4 is 5.95 Å². The van der Waals surface area contributed by atoms with E-state index < -0.39 is 0 Å². The summed E-state index contributed by atoms with van der Waals surface area (Å²) in [4.78, 5) is 7.68. The second-order valence-electron chi connectivity index (χ2n) is 3.49. The monoisotopic (exact) mass is 249 g/mol. The Bertz CT molecular complexity index is 549. The highest BCUT2D eigenvalue weighted by Gasteiger charge is 2.06. The van der Waals surface area contributed by atoms with Gasteiger partial charge in [0.1, 0.15) is 12.4 Å². The fourth-order valence-corrected chi connectivity index (χ4v) is 1.37. The molecule has 0 saturated carbocycles. The minimum absolute atomic E-state index is 0.0397. The first-order valence-corrected chi connectivity index (χ1v) is 5.24. The molecule has 2 aromatic rings. The first-order valence-electron chi connectivity index (χ1n) is 5.24. The van der Waals surface area contributed by atoms with E-state index in [-0.39, 0.29) is 24.3 Å². The van der Waals surface area contributed by atoms with Gasteiger partial charge in [-0.05, 0) is 6.07 Å². The number of nitrogen functional groups attached to an aromatic ring is 1. The van der Waals surface area contributed by atoms with Crippen molar-refractivity contribution in [3.63, 3.8) is 0 Å². The van der Waals surface area contributed by atoms with Gasteiger partial charge in [-0.1, -0.05) is 18.2 Å². The highest BCUT2D eigenvalue weighted by molar-refractivity contribution is 5.29. The van der Waals surface area contributed by atoms with Crippen LogP contribution in [0.15, 0.2) is 30.3 Å². The van der Waals surface area contributed by atoms with Gasteiger partial charge in [-0.2, -0.15) is 9.97 Å². The smallest absolute Gasteiger partial charge is 0.226 e. The summed E-state index contributed by atoms with van der Waals surface area (Å²) in [7, 11) is 1.46. The number of benzene rings is 1. The van der Waals surface area contributed by atoms with E-state index >= 15 is 0 Å². The molecule has 0 radical (unpaired) electrons. The van der Waals surface area contributed by atoms with Gasteiger partial charge in [-0.15, -0.1) is 0 Å². The third-order valence-corrected chi connectivity index (χ3v) is 2.24. The minimum atomic E-state index is -0.327. The van der Waals surface area contributed by atoms with Gasteiger partial charge in [0.25, 0.3) is 0 Å². The number of halogens is 1. The van der Waals surface area contributed by atoms with Gasteiger partial charge < -0.3 is 15.2 Å². The van der Waals surface area contributed by atoms with Crippen LogP contribution in [-0.2, 0) is 6.61 Å². The van der Waals surface area contributed by atoms with Crippen molar-refractivity contribution < 1.29 is 13.9 Å². The van der Waals surface area contributed by atoms with E-state index in [1.54, 1.807) is 18.2 Å². The lowest BCUT2D eigenvalue weighted by Crippen LogP contribution is -2.03. The van der Waals surface area contributed by atoms with Crippen LogP contribution in [0.2, 0.25) is 0 Å². The van der Waals surface area contributed by atoms with Crippen LogP contribution in [0.25, 0.3) is 0 Å². The van der Waals surface area contributed by atoms with E-state index in [2.05, 4.69) is 9.97 Å². The average Bonchev–Trinajstić information content (AvgIpc) is 2.37. The maximum atomic E-state index is 13.4. The molecule has 94 valence electrons. The summed E-state index contributed by atoms with van der Waals surface area (Å²) in [6.07, 6.45) is 0. The number of hydrogen-bond acceptors (Lipinski definition) is 5. The van der Waals surface area contributed by atoms with Crippen LogP contribution in [0.1, 0.15) is 5.56 Å². The largest absolute Gasteiger partial charge is 0.481 e. The molecule has 1 heterocycles. The Morgan fingerprint density at radius 3 is 2.67 bits per heavy atom. The van der Waals surface area contributed by atoms with Crippen LogP contribution in [0.3, 0.4) is 0 Å². The molecule has 0 fully saturated rings. The zero-order valence-corrected chi connectivity index (χ0v) is 9.76. The number of ether oxygens (including phenoxy) is 2. The third kappa shape index (κ3) is 2.85. The molecule has 0 spiro atoms. The Balaban J connectivity index is 2.11. The predicted molar refractivity (Wildman–Crippen MR) is 63.7 cm³/mol. The van der Waals surface area contributed by atoms with Crippen LogP contribution >= 0.6 is 0 Å². The van der Waals surface area contributed by atoms with E-state index in [9.17, 15) is 4.39 Å². The van der Waals surface area contributed by atoms with E-state index in [1.807, 2.05) is 0 Å². The standard InChI is InChI=1S/C12H12FN3O2/c1-17-10-6-11(16-12(14)15-10)18-7-8-4-2-3-5-9(8)13/h2-6H,7H2,1H3,(H2,14,15,16). The number of hydrogen-bond donors (Lipinski definition) is 1. The molecule has 0 aliphatic rings. The SMILES string of the molecule is COc1cc(OCc2ccccc2F)nc(N)n1. The molecule has 0 unspecified atom stereocenters. The zero-order valence-electron chi connectivity index (χ0n) is 9.76. The number of methoxy groups -OCH3 is 1. The van der Waals surface area contributed by atoms with Gasteiger partial charge >= 0.3 is 0 Å². The molecule has 0 aliphatic carbocycles. The molecule has 0 aliphatic heterocycles. The molecule has 1 aromatic carbocycles. The number of nitrogens with zero attached hydrogens (tertiary/aromatic N) is 2.